The fourth-order valence-electron chi connectivity index (χ4n) is 0.934. The fourth-order valence-corrected chi connectivity index (χ4v) is 0.934. The van der Waals surface area contributed by atoms with Crippen molar-refractivity contribution < 1.29 is 20.4 Å². The third kappa shape index (κ3) is 3.63. The van der Waals surface area contributed by atoms with Gasteiger partial charge in [-0.1, -0.05) is 0 Å². The van der Waals surface area contributed by atoms with Gasteiger partial charge in [0.15, 0.2) is 5.82 Å². The number of aromatic nitrogens is 2. The minimum absolute atomic E-state index is 0.271. The molecule has 0 aliphatic carbocycles. The Balaban J connectivity index is 2.57. The van der Waals surface area contributed by atoms with Crippen LogP contribution in [0.2, 0.25) is 0 Å². The lowest BCUT2D eigenvalue weighted by Crippen LogP contribution is -2.40. The van der Waals surface area contributed by atoms with Gasteiger partial charge in [-0.15, -0.1) is 0 Å². The summed E-state index contributed by atoms with van der Waals surface area (Å²) in [6.07, 6.45) is 1.00. The van der Waals surface area contributed by atoms with E-state index in [1.165, 1.54) is 18.6 Å². The quantitative estimate of drug-likeness (QED) is 0.443. The molecular formula is C9H13N3O4. The third-order valence-corrected chi connectivity index (χ3v) is 1.84. The van der Waals surface area contributed by atoms with E-state index in [1.54, 1.807) is 0 Å². The lowest BCUT2D eigenvalue weighted by molar-refractivity contribution is -0.0541. The maximum atomic E-state index is 9.36. The molecule has 88 valence electrons. The zero-order valence-electron chi connectivity index (χ0n) is 8.38. The van der Waals surface area contributed by atoms with Crippen LogP contribution in [0.25, 0.3) is 0 Å². The van der Waals surface area contributed by atoms with E-state index >= 15 is 0 Å². The molecule has 0 saturated heterocycles. The number of aliphatic hydroxyl groups excluding tert-OH is 4. The lowest BCUT2D eigenvalue weighted by Gasteiger charge is -2.17. The predicted molar refractivity (Wildman–Crippen MR) is 55.3 cm³/mol. The Morgan fingerprint density at radius 3 is 2.62 bits per heavy atom. The van der Waals surface area contributed by atoms with Gasteiger partial charge in [-0.05, 0) is 0 Å². The molecule has 0 radical (unpaired) electrons. The van der Waals surface area contributed by atoms with Crippen molar-refractivity contribution in [3.8, 4) is 0 Å². The summed E-state index contributed by atoms with van der Waals surface area (Å²) in [5.74, 6) is 0.271. The van der Waals surface area contributed by atoms with Crippen LogP contribution in [-0.2, 0) is 0 Å². The Hall–Kier alpha value is -1.41. The normalized spacial score (nSPS) is 17.2. The smallest absolute Gasteiger partial charge is 0.170 e. The lowest BCUT2D eigenvalue weighted by atomic mass is 10.1. The maximum Gasteiger partial charge on any atom is 0.170 e. The maximum absolute atomic E-state index is 9.36. The van der Waals surface area contributed by atoms with Crippen LogP contribution >= 0.6 is 0 Å². The minimum Gasteiger partial charge on any atom is -0.394 e. The van der Waals surface area contributed by atoms with Crippen molar-refractivity contribution in [1.82, 2.24) is 9.97 Å². The second kappa shape index (κ2) is 6.23. The van der Waals surface area contributed by atoms with Crippen LogP contribution in [0.3, 0.4) is 0 Å². The summed E-state index contributed by atoms with van der Waals surface area (Å²) in [6.45, 7) is -0.642. The highest BCUT2D eigenvalue weighted by Gasteiger charge is 2.22. The summed E-state index contributed by atoms with van der Waals surface area (Å²) in [7, 11) is 0. The van der Waals surface area contributed by atoms with E-state index < -0.39 is 24.9 Å². The summed E-state index contributed by atoms with van der Waals surface area (Å²) in [6, 6.07) is 0. The third-order valence-electron chi connectivity index (χ3n) is 1.84. The van der Waals surface area contributed by atoms with Crippen LogP contribution in [0, 0.1) is 0 Å². The molecule has 3 atom stereocenters. The minimum atomic E-state index is -1.49. The van der Waals surface area contributed by atoms with E-state index in [4.69, 9.17) is 10.2 Å². The molecule has 4 N–H and O–H groups in total. The first-order valence-corrected chi connectivity index (χ1v) is 4.60. The van der Waals surface area contributed by atoms with E-state index in [1.807, 2.05) is 0 Å². The Kier molecular flexibility index (Phi) is 4.93. The highest BCUT2D eigenvalue weighted by molar-refractivity contribution is 5.67. The summed E-state index contributed by atoms with van der Waals surface area (Å²) in [5, 5.41) is 36.2. The van der Waals surface area contributed by atoms with Gasteiger partial charge in [0.1, 0.15) is 18.3 Å². The Morgan fingerprint density at radius 1 is 1.31 bits per heavy atom. The van der Waals surface area contributed by atoms with Gasteiger partial charge < -0.3 is 20.4 Å². The van der Waals surface area contributed by atoms with E-state index in [9.17, 15) is 10.2 Å². The summed E-state index contributed by atoms with van der Waals surface area (Å²) in [5.41, 5.74) is 0. The van der Waals surface area contributed by atoms with Gasteiger partial charge in [0.25, 0.3) is 0 Å². The number of aliphatic hydroxyl groups is 4. The summed E-state index contributed by atoms with van der Waals surface area (Å²) < 4.78 is 0. The molecule has 0 spiro atoms. The second-order valence-corrected chi connectivity index (χ2v) is 3.07. The number of hydrogen-bond acceptors (Lipinski definition) is 7. The molecule has 0 bridgehead atoms. The Labute approximate surface area is 91.8 Å². The molecule has 16 heavy (non-hydrogen) atoms. The van der Waals surface area contributed by atoms with Gasteiger partial charge in [-0.3, -0.25) is 4.98 Å². The zero-order valence-corrected chi connectivity index (χ0v) is 8.38. The second-order valence-electron chi connectivity index (χ2n) is 3.07. The van der Waals surface area contributed by atoms with Crippen LogP contribution in [-0.4, -0.2) is 61.5 Å². The standard InChI is InChI=1S/C9H13N3O4/c13-5-7(15)9(16)6(14)3-12-8-4-10-1-2-11-8/h1-4,6-7,9,13-16H,5H2/t6-,7+,9+/m0/s1. The van der Waals surface area contributed by atoms with E-state index in [0.717, 1.165) is 6.21 Å². The van der Waals surface area contributed by atoms with Crippen molar-refractivity contribution in [2.75, 3.05) is 6.61 Å². The van der Waals surface area contributed by atoms with Crippen molar-refractivity contribution in [2.45, 2.75) is 18.3 Å². The molecule has 0 amide bonds. The molecule has 1 aromatic heterocycles. The number of rotatable bonds is 5. The van der Waals surface area contributed by atoms with Crippen molar-refractivity contribution >= 4 is 12.0 Å². The summed E-state index contributed by atoms with van der Waals surface area (Å²) >= 11 is 0. The van der Waals surface area contributed by atoms with Gasteiger partial charge in [0.2, 0.25) is 0 Å². The van der Waals surface area contributed by atoms with Gasteiger partial charge in [-0.2, -0.15) is 0 Å². The molecule has 0 unspecified atom stereocenters. The monoisotopic (exact) mass is 227 g/mol. The number of nitrogens with zero attached hydrogens (tertiary/aromatic N) is 3. The van der Waals surface area contributed by atoms with Gasteiger partial charge in [-0.25, -0.2) is 9.98 Å². The van der Waals surface area contributed by atoms with E-state index in [2.05, 4.69) is 15.0 Å². The first kappa shape index (κ1) is 12.7. The molecule has 7 nitrogen and oxygen atoms in total. The number of aliphatic imine (C=N–C) groups is 1. The van der Waals surface area contributed by atoms with Crippen molar-refractivity contribution in [3.05, 3.63) is 18.6 Å². The molecule has 1 heterocycles. The van der Waals surface area contributed by atoms with E-state index in [0.29, 0.717) is 0 Å². The van der Waals surface area contributed by atoms with Crippen LogP contribution in [0.1, 0.15) is 0 Å². The molecule has 0 saturated carbocycles. The van der Waals surface area contributed by atoms with Gasteiger partial charge in [0, 0.05) is 18.6 Å². The van der Waals surface area contributed by atoms with Crippen LogP contribution in [0.5, 0.6) is 0 Å². The van der Waals surface area contributed by atoms with E-state index in [-0.39, 0.29) is 5.82 Å². The average molecular weight is 227 g/mol. The molecule has 1 rings (SSSR count). The van der Waals surface area contributed by atoms with Gasteiger partial charge in [0.05, 0.1) is 12.8 Å². The predicted octanol–water partition coefficient (Wildman–Crippen LogP) is -1.75. The first-order chi connectivity index (χ1) is 7.65. The van der Waals surface area contributed by atoms with Crippen molar-refractivity contribution in [2.24, 2.45) is 4.99 Å². The van der Waals surface area contributed by atoms with Crippen LogP contribution < -0.4 is 0 Å². The zero-order chi connectivity index (χ0) is 12.0. The Morgan fingerprint density at radius 2 is 2.06 bits per heavy atom. The molecule has 1 aromatic rings. The highest BCUT2D eigenvalue weighted by Crippen LogP contribution is 2.04. The van der Waals surface area contributed by atoms with Crippen molar-refractivity contribution in [3.63, 3.8) is 0 Å². The molecule has 0 fully saturated rings. The highest BCUT2D eigenvalue weighted by atomic mass is 16.4. The molecular weight excluding hydrogens is 214 g/mol. The Bertz CT molecular complexity index is 333. The molecule has 0 aliphatic rings. The molecule has 0 aromatic carbocycles. The fraction of sp³-hybridized carbons (Fsp3) is 0.444. The summed E-state index contributed by atoms with van der Waals surface area (Å²) in [4.78, 5) is 11.3. The molecule has 0 aliphatic heterocycles. The van der Waals surface area contributed by atoms with Crippen LogP contribution in [0.4, 0.5) is 5.82 Å². The topological polar surface area (TPSA) is 119 Å². The molecule has 7 heteroatoms. The van der Waals surface area contributed by atoms with Crippen LogP contribution in [0.15, 0.2) is 23.6 Å². The average Bonchev–Trinajstić information content (AvgIpc) is 2.35. The first-order valence-electron chi connectivity index (χ1n) is 4.60. The SMILES string of the molecule is OC[C@@H](O)[C@H](O)[C@@H](O)C=Nc1cnccn1. The number of hydrogen-bond donors (Lipinski definition) is 4. The van der Waals surface area contributed by atoms with Crippen molar-refractivity contribution in [1.29, 1.82) is 0 Å². The largest absolute Gasteiger partial charge is 0.394 e. The van der Waals surface area contributed by atoms with Gasteiger partial charge >= 0.3 is 0 Å².